The molecule has 1 aromatic rings. The summed E-state index contributed by atoms with van der Waals surface area (Å²) in [5.41, 5.74) is 7.24. The molecule has 0 radical (unpaired) electrons. The van der Waals surface area contributed by atoms with E-state index in [4.69, 9.17) is 10.5 Å². The Bertz CT molecular complexity index is 410. The molecular weight excluding hydrogens is 204 g/mol. The van der Waals surface area contributed by atoms with Gasteiger partial charge in [-0.3, -0.25) is 4.79 Å². The number of hydrogen-bond acceptors (Lipinski definition) is 3. The Morgan fingerprint density at radius 2 is 2.19 bits per heavy atom. The fourth-order valence-electron chi connectivity index (χ4n) is 1.56. The zero-order valence-corrected chi connectivity index (χ0v) is 10.2. The SMILES string of the molecule is CCCCOc1c(CN)n(C)c(C)cc1=O. The third kappa shape index (κ3) is 2.64. The van der Waals surface area contributed by atoms with Gasteiger partial charge in [-0.1, -0.05) is 13.3 Å². The van der Waals surface area contributed by atoms with Gasteiger partial charge in [0.25, 0.3) is 0 Å². The number of nitrogens with zero attached hydrogens (tertiary/aromatic N) is 1. The summed E-state index contributed by atoms with van der Waals surface area (Å²) in [6, 6.07) is 1.58. The summed E-state index contributed by atoms with van der Waals surface area (Å²) in [7, 11) is 1.89. The third-order valence-electron chi connectivity index (χ3n) is 2.70. The molecule has 0 fully saturated rings. The lowest BCUT2D eigenvalue weighted by atomic mass is 10.2. The molecule has 0 bridgehead atoms. The van der Waals surface area contributed by atoms with Gasteiger partial charge in [0.1, 0.15) is 0 Å². The highest BCUT2D eigenvalue weighted by atomic mass is 16.5. The van der Waals surface area contributed by atoms with Crippen molar-refractivity contribution in [3.8, 4) is 5.75 Å². The van der Waals surface area contributed by atoms with Gasteiger partial charge in [0, 0.05) is 25.4 Å². The highest BCUT2D eigenvalue weighted by molar-refractivity contribution is 5.30. The van der Waals surface area contributed by atoms with E-state index in [1.165, 1.54) is 0 Å². The Morgan fingerprint density at radius 3 is 2.75 bits per heavy atom. The van der Waals surface area contributed by atoms with Crippen LogP contribution >= 0.6 is 0 Å². The van der Waals surface area contributed by atoms with Gasteiger partial charge in [0.05, 0.1) is 12.3 Å². The molecule has 0 spiro atoms. The molecule has 4 heteroatoms. The van der Waals surface area contributed by atoms with Gasteiger partial charge in [-0.15, -0.1) is 0 Å². The largest absolute Gasteiger partial charge is 0.488 e. The number of ether oxygens (including phenoxy) is 1. The molecule has 4 nitrogen and oxygen atoms in total. The standard InChI is InChI=1S/C12H20N2O2/c1-4-5-6-16-12-10(8-13)14(3)9(2)7-11(12)15/h7H,4-6,8,13H2,1-3H3. The molecule has 1 heterocycles. The van der Waals surface area contributed by atoms with Crippen LogP contribution in [-0.4, -0.2) is 11.2 Å². The molecule has 0 saturated carbocycles. The van der Waals surface area contributed by atoms with Gasteiger partial charge in [0.15, 0.2) is 5.75 Å². The quantitative estimate of drug-likeness (QED) is 0.768. The number of unbranched alkanes of at least 4 members (excludes halogenated alkanes) is 1. The van der Waals surface area contributed by atoms with E-state index in [-0.39, 0.29) is 5.43 Å². The zero-order chi connectivity index (χ0) is 12.1. The van der Waals surface area contributed by atoms with E-state index in [2.05, 4.69) is 6.92 Å². The average Bonchev–Trinajstić information content (AvgIpc) is 2.26. The van der Waals surface area contributed by atoms with Crippen LogP contribution in [-0.2, 0) is 13.6 Å². The molecule has 2 N–H and O–H groups in total. The Kier molecular flexibility index (Phi) is 4.55. The first kappa shape index (κ1) is 12.8. The van der Waals surface area contributed by atoms with Crippen LogP contribution in [0.5, 0.6) is 5.75 Å². The summed E-state index contributed by atoms with van der Waals surface area (Å²) in [4.78, 5) is 11.8. The third-order valence-corrected chi connectivity index (χ3v) is 2.70. The normalized spacial score (nSPS) is 10.5. The molecule has 0 amide bonds. The molecule has 0 atom stereocenters. The Labute approximate surface area is 96.0 Å². The monoisotopic (exact) mass is 224 g/mol. The second kappa shape index (κ2) is 5.70. The first-order valence-corrected chi connectivity index (χ1v) is 5.64. The highest BCUT2D eigenvalue weighted by Gasteiger charge is 2.11. The van der Waals surface area contributed by atoms with Gasteiger partial charge >= 0.3 is 0 Å². The maximum Gasteiger partial charge on any atom is 0.223 e. The summed E-state index contributed by atoms with van der Waals surface area (Å²) in [5, 5.41) is 0. The van der Waals surface area contributed by atoms with Crippen molar-refractivity contribution in [1.82, 2.24) is 4.57 Å². The summed E-state index contributed by atoms with van der Waals surface area (Å²) in [6.45, 7) is 4.85. The van der Waals surface area contributed by atoms with Crippen LogP contribution in [0, 0.1) is 6.92 Å². The maximum atomic E-state index is 11.8. The van der Waals surface area contributed by atoms with Crippen molar-refractivity contribution in [3.63, 3.8) is 0 Å². The predicted octanol–water partition coefficient (Wildman–Crippen LogP) is 1.33. The lowest BCUT2D eigenvalue weighted by Gasteiger charge is -2.15. The minimum Gasteiger partial charge on any atom is -0.488 e. The van der Waals surface area contributed by atoms with Crippen molar-refractivity contribution in [1.29, 1.82) is 0 Å². The van der Waals surface area contributed by atoms with Crippen molar-refractivity contribution in [2.24, 2.45) is 12.8 Å². The van der Waals surface area contributed by atoms with Crippen molar-refractivity contribution in [2.75, 3.05) is 6.61 Å². The van der Waals surface area contributed by atoms with E-state index in [9.17, 15) is 4.79 Å². The smallest absolute Gasteiger partial charge is 0.223 e. The topological polar surface area (TPSA) is 57.2 Å². The van der Waals surface area contributed by atoms with E-state index < -0.39 is 0 Å². The van der Waals surface area contributed by atoms with Crippen LogP contribution in [0.25, 0.3) is 0 Å². The second-order valence-electron chi connectivity index (χ2n) is 3.89. The number of hydrogen-bond donors (Lipinski definition) is 1. The summed E-state index contributed by atoms with van der Waals surface area (Å²) >= 11 is 0. The minimum absolute atomic E-state index is 0.0767. The predicted molar refractivity (Wildman–Crippen MR) is 64.7 cm³/mol. The molecule has 0 aromatic carbocycles. The molecular formula is C12H20N2O2. The number of nitrogens with two attached hydrogens (primary N) is 1. The van der Waals surface area contributed by atoms with E-state index in [0.717, 1.165) is 24.2 Å². The van der Waals surface area contributed by atoms with E-state index in [0.29, 0.717) is 18.9 Å². The molecule has 90 valence electrons. The molecule has 0 unspecified atom stereocenters. The maximum absolute atomic E-state index is 11.8. The Morgan fingerprint density at radius 1 is 1.50 bits per heavy atom. The Hall–Kier alpha value is -1.29. The van der Waals surface area contributed by atoms with Crippen LogP contribution in [0.4, 0.5) is 0 Å². The van der Waals surface area contributed by atoms with E-state index in [1.807, 2.05) is 18.5 Å². The number of aryl methyl sites for hydroxylation is 1. The summed E-state index contributed by atoms with van der Waals surface area (Å²) in [6.07, 6.45) is 1.99. The summed E-state index contributed by atoms with van der Waals surface area (Å²) < 4.78 is 7.43. The van der Waals surface area contributed by atoms with Crippen molar-refractivity contribution in [2.45, 2.75) is 33.2 Å². The fourth-order valence-corrected chi connectivity index (χ4v) is 1.56. The number of pyridine rings is 1. The van der Waals surface area contributed by atoms with Gasteiger partial charge in [-0.05, 0) is 13.3 Å². The first-order valence-electron chi connectivity index (χ1n) is 5.64. The molecule has 0 aliphatic heterocycles. The van der Waals surface area contributed by atoms with Gasteiger partial charge in [-0.2, -0.15) is 0 Å². The minimum atomic E-state index is -0.0767. The molecule has 0 saturated heterocycles. The van der Waals surface area contributed by atoms with Gasteiger partial charge in [-0.25, -0.2) is 0 Å². The van der Waals surface area contributed by atoms with Crippen LogP contribution in [0.15, 0.2) is 10.9 Å². The molecule has 16 heavy (non-hydrogen) atoms. The molecule has 1 aromatic heterocycles. The van der Waals surface area contributed by atoms with Crippen molar-refractivity contribution < 1.29 is 4.74 Å². The molecule has 1 rings (SSSR count). The van der Waals surface area contributed by atoms with Crippen molar-refractivity contribution >= 4 is 0 Å². The van der Waals surface area contributed by atoms with Gasteiger partial charge in [0.2, 0.25) is 5.43 Å². The Balaban J connectivity index is 3.06. The zero-order valence-electron chi connectivity index (χ0n) is 10.2. The van der Waals surface area contributed by atoms with Crippen LogP contribution < -0.4 is 15.9 Å². The van der Waals surface area contributed by atoms with Crippen LogP contribution in [0.1, 0.15) is 31.2 Å². The molecule has 0 aliphatic rings. The first-order chi connectivity index (χ1) is 7.61. The van der Waals surface area contributed by atoms with Gasteiger partial charge < -0.3 is 15.0 Å². The fraction of sp³-hybridized carbons (Fsp3) is 0.583. The van der Waals surface area contributed by atoms with Crippen LogP contribution in [0.2, 0.25) is 0 Å². The number of rotatable bonds is 5. The van der Waals surface area contributed by atoms with Crippen molar-refractivity contribution in [3.05, 3.63) is 27.7 Å². The lowest BCUT2D eigenvalue weighted by molar-refractivity contribution is 0.299. The summed E-state index contributed by atoms with van der Waals surface area (Å²) in [5.74, 6) is 0.407. The van der Waals surface area contributed by atoms with E-state index in [1.54, 1.807) is 6.07 Å². The van der Waals surface area contributed by atoms with Crippen LogP contribution in [0.3, 0.4) is 0 Å². The van der Waals surface area contributed by atoms with E-state index >= 15 is 0 Å². The second-order valence-corrected chi connectivity index (χ2v) is 3.89. The lowest BCUT2D eigenvalue weighted by Crippen LogP contribution is -2.20. The molecule has 0 aliphatic carbocycles. The number of aromatic nitrogens is 1. The highest BCUT2D eigenvalue weighted by Crippen LogP contribution is 2.14. The average molecular weight is 224 g/mol.